The minimum Gasteiger partial charge on any atom is -0.452 e. The van der Waals surface area contributed by atoms with Crippen molar-refractivity contribution in [1.82, 2.24) is 10.3 Å². The monoisotopic (exact) mass is 474 g/mol. The van der Waals surface area contributed by atoms with Crippen molar-refractivity contribution in [3.05, 3.63) is 85.9 Å². The van der Waals surface area contributed by atoms with Gasteiger partial charge < -0.3 is 4.74 Å². The number of carbonyl (C=O) groups is 3. The van der Waals surface area contributed by atoms with Crippen molar-refractivity contribution >= 4 is 63.0 Å². The molecule has 1 N–H and O–H groups in total. The summed E-state index contributed by atoms with van der Waals surface area (Å²) >= 11 is 2.87. The minimum absolute atomic E-state index is 0.415. The number of ether oxygens (including phenoxy) is 1. The number of fused-ring (bicyclic) bond motifs is 2. The number of aromatic nitrogens is 1. The van der Waals surface area contributed by atoms with Crippen LogP contribution in [0.1, 0.15) is 42.6 Å². The van der Waals surface area contributed by atoms with Gasteiger partial charge in [-0.2, -0.15) is 0 Å². The summed E-state index contributed by atoms with van der Waals surface area (Å²) in [6.45, 7) is -0.542. The van der Waals surface area contributed by atoms with E-state index in [2.05, 4.69) is 11.4 Å². The second-order valence-electron chi connectivity index (χ2n) is 7.45. The highest BCUT2D eigenvalue weighted by Crippen LogP contribution is 2.38. The Morgan fingerprint density at radius 3 is 2.61 bits per heavy atom. The summed E-state index contributed by atoms with van der Waals surface area (Å²) < 4.78 is 5.34. The smallest absolute Gasteiger partial charge is 0.339 e. The molecular weight excluding hydrogens is 456 g/mol. The number of hydrogen-bond acceptors (Lipinski definition) is 7. The van der Waals surface area contributed by atoms with Gasteiger partial charge in [-0.25, -0.2) is 9.78 Å². The van der Waals surface area contributed by atoms with Gasteiger partial charge in [0.2, 0.25) is 0 Å². The van der Waals surface area contributed by atoms with Crippen LogP contribution in [0.5, 0.6) is 0 Å². The lowest BCUT2D eigenvalue weighted by Crippen LogP contribution is -2.33. The highest BCUT2D eigenvalue weighted by molar-refractivity contribution is 7.12. The van der Waals surface area contributed by atoms with Gasteiger partial charge in [-0.1, -0.05) is 30.3 Å². The Morgan fingerprint density at radius 1 is 1.00 bits per heavy atom. The standard InChI is InChI=1S/C25H18N2O4S2/c28-21(27-24(29)20-8-4-12-33-20)14-31-25(30)22-17-6-1-2-7-19(17)26-23-15(9-10-18(22)23)13-16-5-3-11-32-16/h1-8,11-13H,9-10,14H2,(H,27,28,29)/b15-13+. The lowest BCUT2D eigenvalue weighted by atomic mass is 10.0. The molecule has 0 fully saturated rings. The molecule has 2 amide bonds. The predicted molar refractivity (Wildman–Crippen MR) is 129 cm³/mol. The molecule has 5 rings (SSSR count). The molecular formula is C25H18N2O4S2. The third kappa shape index (κ3) is 4.35. The van der Waals surface area contributed by atoms with E-state index >= 15 is 0 Å². The molecule has 0 atom stereocenters. The van der Waals surface area contributed by atoms with E-state index in [1.165, 1.54) is 11.3 Å². The van der Waals surface area contributed by atoms with Gasteiger partial charge in [0.15, 0.2) is 6.61 Å². The van der Waals surface area contributed by atoms with Crippen molar-refractivity contribution in [1.29, 1.82) is 0 Å². The Hall–Kier alpha value is -3.62. The van der Waals surface area contributed by atoms with Crippen molar-refractivity contribution in [3.8, 4) is 0 Å². The summed E-state index contributed by atoms with van der Waals surface area (Å²) in [7, 11) is 0. The zero-order valence-electron chi connectivity index (χ0n) is 17.4. The number of imide groups is 1. The number of benzene rings is 1. The summed E-state index contributed by atoms with van der Waals surface area (Å²) in [5.74, 6) is -1.78. The molecule has 0 radical (unpaired) electrons. The topological polar surface area (TPSA) is 85.4 Å². The molecule has 0 unspecified atom stereocenters. The summed E-state index contributed by atoms with van der Waals surface area (Å²) in [5.41, 5.74) is 3.83. The molecule has 1 aliphatic carbocycles. The summed E-state index contributed by atoms with van der Waals surface area (Å²) in [6.07, 6.45) is 3.54. The van der Waals surface area contributed by atoms with Crippen molar-refractivity contribution in [2.75, 3.05) is 6.61 Å². The molecule has 0 saturated carbocycles. The fraction of sp³-hybridized carbons (Fsp3) is 0.120. The van der Waals surface area contributed by atoms with E-state index in [0.29, 0.717) is 27.8 Å². The number of esters is 1. The first kappa shape index (κ1) is 21.2. The second kappa shape index (κ2) is 9.09. The van der Waals surface area contributed by atoms with Gasteiger partial charge in [0.25, 0.3) is 11.8 Å². The van der Waals surface area contributed by atoms with Crippen molar-refractivity contribution in [2.24, 2.45) is 0 Å². The molecule has 3 aromatic heterocycles. The summed E-state index contributed by atoms with van der Waals surface area (Å²) in [4.78, 5) is 43.7. The van der Waals surface area contributed by atoms with Gasteiger partial charge in [0.05, 0.1) is 21.7 Å². The number of allylic oxidation sites excluding steroid dienone is 1. The number of pyridine rings is 1. The molecule has 8 heteroatoms. The molecule has 4 aromatic rings. The number of nitrogens with one attached hydrogen (secondary N) is 1. The Labute approximate surface area is 197 Å². The Bertz CT molecular complexity index is 1390. The van der Waals surface area contributed by atoms with Crippen LogP contribution in [0.25, 0.3) is 22.6 Å². The largest absolute Gasteiger partial charge is 0.452 e. The average Bonchev–Trinajstić information content (AvgIpc) is 3.59. The number of thiophene rings is 2. The van der Waals surface area contributed by atoms with Crippen molar-refractivity contribution < 1.29 is 19.1 Å². The average molecular weight is 475 g/mol. The maximum atomic E-state index is 13.1. The lowest BCUT2D eigenvalue weighted by molar-refractivity contribution is -0.123. The maximum Gasteiger partial charge on any atom is 0.339 e. The van der Waals surface area contributed by atoms with Gasteiger partial charge in [0.1, 0.15) is 0 Å². The lowest BCUT2D eigenvalue weighted by Gasteiger charge is -2.12. The van der Waals surface area contributed by atoms with Crippen LogP contribution in [-0.2, 0) is 16.0 Å². The van der Waals surface area contributed by atoms with Crippen LogP contribution in [0.15, 0.2) is 59.3 Å². The maximum absolute atomic E-state index is 13.1. The van der Waals surface area contributed by atoms with E-state index in [1.807, 2.05) is 41.8 Å². The fourth-order valence-electron chi connectivity index (χ4n) is 3.89. The fourth-order valence-corrected chi connectivity index (χ4v) is 5.19. The van der Waals surface area contributed by atoms with E-state index in [1.54, 1.807) is 28.8 Å². The number of hydrogen-bond donors (Lipinski definition) is 1. The van der Waals surface area contributed by atoms with Crippen LogP contribution < -0.4 is 5.32 Å². The van der Waals surface area contributed by atoms with Gasteiger partial charge in [0, 0.05) is 10.3 Å². The highest BCUT2D eigenvalue weighted by Gasteiger charge is 2.28. The number of carbonyl (C=O) groups excluding carboxylic acids is 3. The number of para-hydroxylation sites is 1. The zero-order chi connectivity index (χ0) is 22.8. The van der Waals surface area contributed by atoms with Crippen LogP contribution in [0.4, 0.5) is 0 Å². The third-order valence-corrected chi connectivity index (χ3v) is 7.03. The van der Waals surface area contributed by atoms with E-state index in [0.717, 1.165) is 28.1 Å². The van der Waals surface area contributed by atoms with E-state index in [-0.39, 0.29) is 0 Å². The van der Waals surface area contributed by atoms with Crippen LogP contribution in [0.2, 0.25) is 0 Å². The Balaban J connectivity index is 1.41. The van der Waals surface area contributed by atoms with Gasteiger partial charge in [-0.3, -0.25) is 14.9 Å². The molecule has 3 heterocycles. The second-order valence-corrected chi connectivity index (χ2v) is 9.37. The highest BCUT2D eigenvalue weighted by atomic mass is 32.1. The number of amides is 2. The van der Waals surface area contributed by atoms with Crippen LogP contribution in [0, 0.1) is 0 Å². The van der Waals surface area contributed by atoms with Gasteiger partial charge >= 0.3 is 5.97 Å². The first-order valence-corrected chi connectivity index (χ1v) is 12.1. The van der Waals surface area contributed by atoms with Gasteiger partial charge in [-0.05, 0) is 59.0 Å². The quantitative estimate of drug-likeness (QED) is 0.413. The molecule has 164 valence electrons. The van der Waals surface area contributed by atoms with E-state index in [4.69, 9.17) is 9.72 Å². The first-order chi connectivity index (χ1) is 16.1. The van der Waals surface area contributed by atoms with Crippen LogP contribution in [0.3, 0.4) is 0 Å². The molecule has 0 aliphatic heterocycles. The zero-order valence-corrected chi connectivity index (χ0v) is 19.0. The molecule has 0 spiro atoms. The SMILES string of the molecule is O=C(COC(=O)c1c2c(nc3ccccc13)/C(=C/c1cccs1)CC2)NC(=O)c1cccs1. The first-order valence-electron chi connectivity index (χ1n) is 10.3. The summed E-state index contributed by atoms with van der Waals surface area (Å²) in [6, 6.07) is 14.8. The number of nitrogens with zero attached hydrogens (tertiary/aromatic N) is 1. The molecule has 33 heavy (non-hydrogen) atoms. The molecule has 6 nitrogen and oxygen atoms in total. The molecule has 1 aliphatic rings. The van der Waals surface area contributed by atoms with E-state index in [9.17, 15) is 14.4 Å². The van der Waals surface area contributed by atoms with Crippen LogP contribution in [-0.4, -0.2) is 29.4 Å². The van der Waals surface area contributed by atoms with Crippen molar-refractivity contribution in [3.63, 3.8) is 0 Å². The molecule has 1 aromatic carbocycles. The van der Waals surface area contributed by atoms with Crippen molar-refractivity contribution in [2.45, 2.75) is 12.8 Å². The minimum atomic E-state index is -0.671. The van der Waals surface area contributed by atoms with Gasteiger partial charge in [-0.15, -0.1) is 22.7 Å². The normalized spacial score (nSPS) is 13.8. The summed E-state index contributed by atoms with van der Waals surface area (Å²) in [5, 5.41) is 6.70. The Kier molecular flexibility index (Phi) is 5.85. The third-order valence-electron chi connectivity index (χ3n) is 5.34. The molecule has 0 bridgehead atoms. The number of rotatable bonds is 5. The predicted octanol–water partition coefficient (Wildman–Crippen LogP) is 4.96. The van der Waals surface area contributed by atoms with E-state index < -0.39 is 24.4 Å². The Morgan fingerprint density at radius 2 is 1.82 bits per heavy atom. The van der Waals surface area contributed by atoms with Crippen LogP contribution >= 0.6 is 22.7 Å². The molecule has 0 saturated heterocycles.